The third kappa shape index (κ3) is 7.90. The Balaban J connectivity index is 0.00000514. The molecule has 312 valence electrons. The average Bonchev–Trinajstić information content (AvgIpc) is 3.75. The fraction of sp³-hybridized carbons (Fsp3) is 0.236. The fourth-order valence-corrected chi connectivity index (χ4v) is 8.36. The van der Waals surface area contributed by atoms with Crippen LogP contribution < -0.4 is 14.5 Å². The summed E-state index contributed by atoms with van der Waals surface area (Å²) in [6, 6.07) is 50.9. The number of aryl methyl sites for hydroxylation is 2. The Morgan fingerprint density at radius 1 is 0.639 bits per heavy atom. The second kappa shape index (κ2) is 16.0. The Morgan fingerprint density at radius 3 is 2.07 bits per heavy atom. The van der Waals surface area contributed by atoms with Gasteiger partial charge in [-0.25, -0.2) is 4.98 Å². The first-order valence-corrected chi connectivity index (χ1v) is 21.1. The van der Waals surface area contributed by atoms with E-state index in [1.165, 1.54) is 33.4 Å². The van der Waals surface area contributed by atoms with Gasteiger partial charge in [0.25, 0.3) is 0 Å². The first-order valence-electron chi connectivity index (χ1n) is 21.1. The predicted molar refractivity (Wildman–Crippen MR) is 251 cm³/mol. The van der Waals surface area contributed by atoms with E-state index in [4.69, 9.17) is 9.72 Å². The van der Waals surface area contributed by atoms with Gasteiger partial charge in [-0.2, -0.15) is 6.07 Å². The molecule has 0 unspecified atom stereocenters. The van der Waals surface area contributed by atoms with Crippen LogP contribution in [0.5, 0.6) is 11.5 Å². The molecule has 0 radical (unpaired) electrons. The van der Waals surface area contributed by atoms with Crippen molar-refractivity contribution in [3.8, 4) is 28.4 Å². The van der Waals surface area contributed by atoms with Crippen molar-refractivity contribution in [2.45, 2.75) is 86.0 Å². The van der Waals surface area contributed by atoms with Gasteiger partial charge in [-0.1, -0.05) is 116 Å². The van der Waals surface area contributed by atoms with E-state index in [2.05, 4.69) is 218 Å². The van der Waals surface area contributed by atoms with Crippen molar-refractivity contribution < 1.29 is 25.8 Å². The summed E-state index contributed by atoms with van der Waals surface area (Å²) in [4.78, 5) is 9.46. The van der Waals surface area contributed by atoms with E-state index in [9.17, 15) is 0 Å². The van der Waals surface area contributed by atoms with Gasteiger partial charge in [0.1, 0.15) is 5.82 Å². The van der Waals surface area contributed by atoms with Crippen LogP contribution in [0.15, 0.2) is 128 Å². The Labute approximate surface area is 376 Å². The number of hydrogen-bond acceptors (Lipinski definition) is 4. The largest absolute Gasteiger partial charge is 0.509 e. The molecule has 5 nitrogen and oxygen atoms in total. The van der Waals surface area contributed by atoms with Crippen LogP contribution in [-0.2, 0) is 31.9 Å². The molecule has 0 saturated heterocycles. The maximum Gasteiger partial charge on any atom is 0.135 e. The number of ether oxygens (including phenoxy) is 1. The molecule has 2 aromatic heterocycles. The molecule has 61 heavy (non-hydrogen) atoms. The standard InChI is InChI=1S/C55H53N4O.Pt/c1-35(2)45-18-11-12-19-46(45)38-28-42(58-34-57(51-26-36(3)37(4)27-52(51)58)41-17-15-16-39(30-41)54(5,6)7)32-44(29-38)60-43-22-23-48-47-20-13-14-21-49(47)59(50(48)33-43)53-31-40(24-25-56-53)55(8,9)10;/h11-31,34-35H,1-10H3;/q-3;. The molecule has 9 rings (SSSR count). The molecule has 0 aliphatic carbocycles. The summed E-state index contributed by atoms with van der Waals surface area (Å²) in [6.07, 6.45) is 1.91. The van der Waals surface area contributed by atoms with Crippen molar-refractivity contribution in [1.29, 1.82) is 0 Å². The molecule has 0 fully saturated rings. The summed E-state index contributed by atoms with van der Waals surface area (Å²) in [5, 5.41) is 2.24. The van der Waals surface area contributed by atoms with Crippen LogP contribution in [0.3, 0.4) is 0 Å². The molecule has 8 aromatic rings. The maximum atomic E-state index is 6.91. The number of benzene rings is 6. The average molecular weight is 981 g/mol. The van der Waals surface area contributed by atoms with Crippen LogP contribution in [-0.4, -0.2) is 9.55 Å². The van der Waals surface area contributed by atoms with Crippen molar-refractivity contribution in [1.82, 2.24) is 9.55 Å². The van der Waals surface area contributed by atoms with Crippen molar-refractivity contribution in [2.24, 2.45) is 0 Å². The molecule has 3 heterocycles. The number of hydrogen-bond donors (Lipinski definition) is 0. The summed E-state index contributed by atoms with van der Waals surface area (Å²) in [5.74, 6) is 2.40. The molecule has 0 bridgehead atoms. The second-order valence-corrected chi connectivity index (χ2v) is 18.6. The van der Waals surface area contributed by atoms with Gasteiger partial charge in [0.05, 0.1) is 0 Å². The van der Waals surface area contributed by atoms with Crippen molar-refractivity contribution in [2.75, 3.05) is 9.80 Å². The number of anilines is 4. The van der Waals surface area contributed by atoms with Crippen LogP contribution in [0.1, 0.15) is 89.1 Å². The van der Waals surface area contributed by atoms with Crippen LogP contribution in [0, 0.1) is 32.6 Å². The molecule has 0 saturated carbocycles. The summed E-state index contributed by atoms with van der Waals surface area (Å²) in [5.41, 5.74) is 14.7. The SMILES string of the molecule is Cc1cc2c(cc1C)N(c1cccc(C(C)(C)C)c1)[CH-]N2c1[c-]c(Oc2[c-]c3c(cc2)c2ccccc2n3-c2cc(C(C)(C)C)ccn2)cc(-c2ccccc2C(C)C)c1.[Pt]. The van der Waals surface area contributed by atoms with E-state index in [1.54, 1.807) is 0 Å². The monoisotopic (exact) mass is 980 g/mol. The van der Waals surface area contributed by atoms with Crippen LogP contribution in [0.4, 0.5) is 22.7 Å². The first kappa shape index (κ1) is 42.1. The Hall–Kier alpha value is -5.64. The van der Waals surface area contributed by atoms with E-state index in [0.717, 1.165) is 55.9 Å². The third-order valence-electron chi connectivity index (χ3n) is 11.9. The number of aromatic nitrogens is 2. The molecular formula is C55H53N4OPt-3. The molecular weight excluding hydrogens is 928 g/mol. The van der Waals surface area contributed by atoms with Gasteiger partial charge in [-0.05, 0) is 112 Å². The van der Waals surface area contributed by atoms with Gasteiger partial charge in [0.15, 0.2) is 0 Å². The Morgan fingerprint density at radius 2 is 1.33 bits per heavy atom. The van der Waals surface area contributed by atoms with Gasteiger partial charge in [0, 0.05) is 61.3 Å². The second-order valence-electron chi connectivity index (χ2n) is 18.6. The molecule has 0 N–H and O–H groups in total. The minimum absolute atomic E-state index is 0. The van der Waals surface area contributed by atoms with Crippen molar-refractivity contribution in [3.05, 3.63) is 174 Å². The van der Waals surface area contributed by atoms with Crippen molar-refractivity contribution >= 4 is 44.6 Å². The third-order valence-corrected chi connectivity index (χ3v) is 11.9. The molecule has 0 spiro atoms. The number of pyridine rings is 1. The maximum absolute atomic E-state index is 6.91. The Bertz CT molecular complexity index is 2930. The number of nitrogens with zero attached hydrogens (tertiary/aromatic N) is 4. The normalized spacial score (nSPS) is 13.0. The topological polar surface area (TPSA) is 33.5 Å². The number of fused-ring (bicyclic) bond motifs is 4. The van der Waals surface area contributed by atoms with E-state index in [-0.39, 0.29) is 31.9 Å². The van der Waals surface area contributed by atoms with Gasteiger partial charge in [-0.15, -0.1) is 53.6 Å². The number of para-hydroxylation sites is 1. The summed E-state index contributed by atoms with van der Waals surface area (Å²) in [6.45, 7) is 24.6. The Kier molecular flexibility index (Phi) is 11.0. The van der Waals surface area contributed by atoms with Crippen molar-refractivity contribution in [3.63, 3.8) is 0 Å². The molecule has 6 aromatic carbocycles. The zero-order chi connectivity index (χ0) is 42.1. The predicted octanol–water partition coefficient (Wildman–Crippen LogP) is 15.0. The zero-order valence-electron chi connectivity index (χ0n) is 36.8. The molecule has 0 amide bonds. The van der Waals surface area contributed by atoms with E-state index >= 15 is 0 Å². The zero-order valence-corrected chi connectivity index (χ0v) is 39.1. The van der Waals surface area contributed by atoms with E-state index in [1.807, 2.05) is 12.3 Å². The summed E-state index contributed by atoms with van der Waals surface area (Å²) in [7, 11) is 0. The quantitative estimate of drug-likeness (QED) is 0.149. The summed E-state index contributed by atoms with van der Waals surface area (Å²) >= 11 is 0. The minimum Gasteiger partial charge on any atom is -0.509 e. The number of rotatable bonds is 7. The van der Waals surface area contributed by atoms with Gasteiger partial charge >= 0.3 is 0 Å². The van der Waals surface area contributed by atoms with Crippen LogP contribution >= 0.6 is 0 Å². The van der Waals surface area contributed by atoms with Gasteiger partial charge < -0.3 is 19.1 Å². The van der Waals surface area contributed by atoms with Crippen LogP contribution in [0.25, 0.3) is 38.8 Å². The van der Waals surface area contributed by atoms with Gasteiger partial charge in [0.2, 0.25) is 0 Å². The summed E-state index contributed by atoms with van der Waals surface area (Å²) < 4.78 is 9.12. The molecule has 1 aliphatic heterocycles. The smallest absolute Gasteiger partial charge is 0.135 e. The molecule has 6 heteroatoms. The molecule has 0 atom stereocenters. The van der Waals surface area contributed by atoms with E-state index in [0.29, 0.717) is 17.4 Å². The van der Waals surface area contributed by atoms with Crippen LogP contribution in [0.2, 0.25) is 0 Å². The van der Waals surface area contributed by atoms with E-state index < -0.39 is 0 Å². The van der Waals surface area contributed by atoms with Gasteiger partial charge in [-0.3, -0.25) is 0 Å². The molecule has 1 aliphatic rings. The first-order chi connectivity index (χ1) is 28.6. The fourth-order valence-electron chi connectivity index (χ4n) is 8.36. The minimum atomic E-state index is -0.0283.